The highest BCUT2D eigenvalue weighted by Gasteiger charge is 2.26. The van der Waals surface area contributed by atoms with Crippen molar-refractivity contribution >= 4 is 21.6 Å². The van der Waals surface area contributed by atoms with Crippen molar-refractivity contribution in [2.75, 3.05) is 36.8 Å². The largest absolute Gasteiger partial charge is 0.374 e. The molecule has 0 radical (unpaired) electrons. The lowest BCUT2D eigenvalue weighted by Crippen LogP contribution is -2.50. The van der Waals surface area contributed by atoms with Gasteiger partial charge in [-0.1, -0.05) is 30.6 Å². The van der Waals surface area contributed by atoms with Gasteiger partial charge in [-0.05, 0) is 12.8 Å². The number of anilines is 2. The first-order valence-corrected chi connectivity index (χ1v) is 7.72. The number of aromatic nitrogens is 2. The molecule has 0 amide bonds. The van der Waals surface area contributed by atoms with Crippen molar-refractivity contribution in [3.63, 3.8) is 0 Å². The van der Waals surface area contributed by atoms with Crippen LogP contribution in [0, 0.1) is 0 Å². The topological polar surface area (TPSA) is 58.3 Å². The first kappa shape index (κ1) is 12.2. The van der Waals surface area contributed by atoms with Crippen LogP contribution in [-0.2, 0) is 0 Å². The predicted molar refractivity (Wildman–Crippen MR) is 75.0 cm³/mol. The molecule has 5 nitrogen and oxygen atoms in total. The van der Waals surface area contributed by atoms with E-state index >= 15 is 0 Å². The van der Waals surface area contributed by atoms with Crippen LogP contribution in [0.1, 0.15) is 32.1 Å². The van der Waals surface area contributed by atoms with Crippen molar-refractivity contribution in [1.82, 2.24) is 15.1 Å². The minimum Gasteiger partial charge on any atom is -0.374 e. The molecule has 2 aliphatic rings. The van der Waals surface area contributed by atoms with Crippen LogP contribution in [0.3, 0.4) is 0 Å². The van der Waals surface area contributed by atoms with E-state index in [0.29, 0.717) is 5.13 Å². The normalized spacial score (nSPS) is 23.4. The zero-order chi connectivity index (χ0) is 12.4. The van der Waals surface area contributed by atoms with Crippen LogP contribution < -0.4 is 10.6 Å². The maximum Gasteiger partial charge on any atom is 0.210 e. The zero-order valence-electron chi connectivity index (χ0n) is 10.7. The van der Waals surface area contributed by atoms with E-state index in [1.54, 1.807) is 0 Å². The van der Waals surface area contributed by atoms with E-state index in [9.17, 15) is 0 Å². The lowest BCUT2D eigenvalue weighted by atomic mass is 9.94. The molecule has 1 aromatic heterocycles. The van der Waals surface area contributed by atoms with E-state index in [-0.39, 0.29) is 0 Å². The third-order valence-electron chi connectivity index (χ3n) is 4.11. The Morgan fingerprint density at radius 2 is 1.72 bits per heavy atom. The summed E-state index contributed by atoms with van der Waals surface area (Å²) >= 11 is 1.49. The number of piperazine rings is 1. The third-order valence-corrected chi connectivity index (χ3v) is 4.92. The van der Waals surface area contributed by atoms with Crippen LogP contribution in [0.4, 0.5) is 10.3 Å². The van der Waals surface area contributed by atoms with Gasteiger partial charge in [0, 0.05) is 32.2 Å². The third kappa shape index (κ3) is 2.59. The monoisotopic (exact) mass is 267 g/mol. The molecule has 1 aliphatic carbocycles. The lowest BCUT2D eigenvalue weighted by Gasteiger charge is -2.40. The predicted octanol–water partition coefficient (Wildman–Crippen LogP) is 1.57. The summed E-state index contributed by atoms with van der Waals surface area (Å²) in [5, 5.41) is 9.57. The molecule has 0 atom stereocenters. The summed E-state index contributed by atoms with van der Waals surface area (Å²) in [6, 6.07) is 0.834. The van der Waals surface area contributed by atoms with Gasteiger partial charge in [0.15, 0.2) is 0 Å². The van der Waals surface area contributed by atoms with Crippen LogP contribution in [0.15, 0.2) is 0 Å². The number of rotatable bonds is 2. The fourth-order valence-electron chi connectivity index (χ4n) is 3.08. The highest BCUT2D eigenvalue weighted by atomic mass is 32.1. The summed E-state index contributed by atoms with van der Waals surface area (Å²) in [4.78, 5) is 4.98. The summed E-state index contributed by atoms with van der Waals surface area (Å²) in [6.07, 6.45) is 7.05. The molecule has 1 aliphatic heterocycles. The Labute approximate surface area is 112 Å². The van der Waals surface area contributed by atoms with Gasteiger partial charge in [-0.2, -0.15) is 0 Å². The number of nitrogens with zero attached hydrogens (tertiary/aromatic N) is 4. The molecule has 1 saturated carbocycles. The number of hydrogen-bond donors (Lipinski definition) is 1. The molecule has 2 heterocycles. The Bertz CT molecular complexity index is 380. The van der Waals surface area contributed by atoms with Crippen LogP contribution in [0.25, 0.3) is 0 Å². The second-order valence-corrected chi connectivity index (χ2v) is 6.23. The van der Waals surface area contributed by atoms with Gasteiger partial charge >= 0.3 is 0 Å². The van der Waals surface area contributed by atoms with Gasteiger partial charge in [-0.3, -0.25) is 4.90 Å². The molecule has 1 aromatic rings. The van der Waals surface area contributed by atoms with E-state index in [1.165, 1.54) is 43.4 Å². The van der Waals surface area contributed by atoms with Gasteiger partial charge in [0.1, 0.15) is 0 Å². The molecule has 0 spiro atoms. The van der Waals surface area contributed by atoms with Crippen molar-refractivity contribution in [2.24, 2.45) is 0 Å². The number of nitrogen functional groups attached to an aromatic ring is 1. The highest BCUT2D eigenvalue weighted by molar-refractivity contribution is 7.18. The average Bonchev–Trinajstić information content (AvgIpc) is 2.87. The van der Waals surface area contributed by atoms with Crippen LogP contribution in [-0.4, -0.2) is 47.3 Å². The minimum absolute atomic E-state index is 0.569. The second-order valence-electron chi connectivity index (χ2n) is 5.24. The summed E-state index contributed by atoms with van der Waals surface area (Å²) in [5.74, 6) is 0. The fraction of sp³-hybridized carbons (Fsp3) is 0.833. The van der Waals surface area contributed by atoms with E-state index in [1.807, 2.05) is 0 Å². The molecule has 0 aromatic carbocycles. The van der Waals surface area contributed by atoms with E-state index in [0.717, 1.165) is 37.4 Å². The quantitative estimate of drug-likeness (QED) is 0.881. The fourth-order valence-corrected chi connectivity index (χ4v) is 3.74. The molecule has 18 heavy (non-hydrogen) atoms. The first-order chi connectivity index (χ1) is 8.83. The smallest absolute Gasteiger partial charge is 0.210 e. The molecule has 6 heteroatoms. The van der Waals surface area contributed by atoms with E-state index in [2.05, 4.69) is 20.0 Å². The van der Waals surface area contributed by atoms with Crippen LogP contribution in [0.2, 0.25) is 0 Å². The summed E-state index contributed by atoms with van der Waals surface area (Å²) in [7, 11) is 0. The standard InChI is InChI=1S/C12H21N5S/c13-11-14-15-12(18-11)17-8-6-16(7-9-17)10-4-2-1-3-5-10/h10H,1-9H2,(H2,13,14). The van der Waals surface area contributed by atoms with Crippen molar-refractivity contribution in [3.8, 4) is 0 Å². The summed E-state index contributed by atoms with van der Waals surface area (Å²) in [6.45, 7) is 4.44. The Hall–Kier alpha value is -0.880. The Morgan fingerprint density at radius 3 is 2.33 bits per heavy atom. The maximum atomic E-state index is 5.64. The lowest BCUT2D eigenvalue weighted by molar-refractivity contribution is 0.148. The highest BCUT2D eigenvalue weighted by Crippen LogP contribution is 2.26. The van der Waals surface area contributed by atoms with Crippen LogP contribution >= 0.6 is 11.3 Å². The van der Waals surface area contributed by atoms with Crippen molar-refractivity contribution in [1.29, 1.82) is 0 Å². The van der Waals surface area contributed by atoms with Gasteiger partial charge in [0.25, 0.3) is 0 Å². The van der Waals surface area contributed by atoms with Gasteiger partial charge in [0.2, 0.25) is 10.3 Å². The Balaban J connectivity index is 1.54. The van der Waals surface area contributed by atoms with Gasteiger partial charge < -0.3 is 10.6 Å². The molecule has 3 rings (SSSR count). The molecule has 1 saturated heterocycles. The van der Waals surface area contributed by atoms with Crippen molar-refractivity contribution in [2.45, 2.75) is 38.1 Å². The van der Waals surface area contributed by atoms with Crippen molar-refractivity contribution < 1.29 is 0 Å². The Kier molecular flexibility index (Phi) is 3.65. The van der Waals surface area contributed by atoms with E-state index in [4.69, 9.17) is 5.73 Å². The number of hydrogen-bond acceptors (Lipinski definition) is 6. The Morgan fingerprint density at radius 1 is 1.00 bits per heavy atom. The summed E-state index contributed by atoms with van der Waals surface area (Å²) < 4.78 is 0. The molecule has 0 unspecified atom stereocenters. The number of nitrogens with two attached hydrogens (primary N) is 1. The molecule has 2 fully saturated rings. The average molecular weight is 267 g/mol. The van der Waals surface area contributed by atoms with Gasteiger partial charge in [-0.25, -0.2) is 0 Å². The maximum absolute atomic E-state index is 5.64. The van der Waals surface area contributed by atoms with E-state index < -0.39 is 0 Å². The van der Waals surface area contributed by atoms with Gasteiger partial charge in [-0.15, -0.1) is 10.2 Å². The van der Waals surface area contributed by atoms with Crippen LogP contribution in [0.5, 0.6) is 0 Å². The minimum atomic E-state index is 0.569. The molecular formula is C12H21N5S. The first-order valence-electron chi connectivity index (χ1n) is 6.91. The SMILES string of the molecule is Nc1nnc(N2CCN(C3CCCCC3)CC2)s1. The molecular weight excluding hydrogens is 246 g/mol. The molecule has 100 valence electrons. The van der Waals surface area contributed by atoms with Crippen molar-refractivity contribution in [3.05, 3.63) is 0 Å². The molecule has 2 N–H and O–H groups in total. The second kappa shape index (κ2) is 5.40. The zero-order valence-corrected chi connectivity index (χ0v) is 11.5. The summed E-state index contributed by atoms with van der Waals surface area (Å²) in [5.41, 5.74) is 5.64. The van der Waals surface area contributed by atoms with Gasteiger partial charge in [0.05, 0.1) is 0 Å². The molecule has 0 bridgehead atoms.